The van der Waals surface area contributed by atoms with E-state index in [2.05, 4.69) is 15.3 Å². The molecule has 2 rings (SSSR count). The molecule has 15 heavy (non-hydrogen) atoms. The van der Waals surface area contributed by atoms with Crippen LogP contribution in [-0.2, 0) is 0 Å². The van der Waals surface area contributed by atoms with Crippen molar-refractivity contribution in [1.82, 2.24) is 14.9 Å². The molecule has 0 radical (unpaired) electrons. The molecule has 0 atom stereocenters. The summed E-state index contributed by atoms with van der Waals surface area (Å²) in [4.78, 5) is 0. The third kappa shape index (κ3) is 2.55. The fourth-order valence-corrected chi connectivity index (χ4v) is 1.45. The van der Waals surface area contributed by atoms with E-state index >= 15 is 0 Å². The number of rotatable bonds is 2. The molecule has 4 nitrogen and oxygen atoms in total. The van der Waals surface area contributed by atoms with Crippen LogP contribution < -0.4 is 0 Å². The molecule has 0 aliphatic heterocycles. The third-order valence-electron chi connectivity index (χ3n) is 1.70. The van der Waals surface area contributed by atoms with Crippen molar-refractivity contribution in [2.75, 3.05) is 0 Å². The van der Waals surface area contributed by atoms with Gasteiger partial charge in [0.15, 0.2) is 0 Å². The normalized spacial score (nSPS) is 11.1. The van der Waals surface area contributed by atoms with Gasteiger partial charge in [-0.05, 0) is 12.1 Å². The van der Waals surface area contributed by atoms with Crippen LogP contribution in [0.25, 0.3) is 0 Å². The predicted octanol–water partition coefficient (Wildman–Crippen LogP) is 2.47. The average molecular weight is 241 g/mol. The minimum Gasteiger partial charge on any atom is -0.208 e. The second-order valence-corrected chi connectivity index (χ2v) is 3.60. The molecule has 0 saturated carbocycles. The summed E-state index contributed by atoms with van der Waals surface area (Å²) in [5.41, 5.74) is 0.787. The first-order valence-electron chi connectivity index (χ1n) is 4.10. The van der Waals surface area contributed by atoms with E-state index in [9.17, 15) is 0 Å². The second kappa shape index (κ2) is 4.42. The minimum absolute atomic E-state index is 0.555. The van der Waals surface area contributed by atoms with E-state index in [-0.39, 0.29) is 0 Å². The Morgan fingerprint density at radius 3 is 2.60 bits per heavy atom. The Labute approximate surface area is 96.2 Å². The zero-order chi connectivity index (χ0) is 10.7. The molecule has 0 bridgehead atoms. The Morgan fingerprint density at radius 1 is 1.20 bits per heavy atom. The van der Waals surface area contributed by atoms with Crippen LogP contribution in [0.3, 0.4) is 0 Å². The molecule has 0 aliphatic rings. The van der Waals surface area contributed by atoms with Crippen LogP contribution in [0.5, 0.6) is 0 Å². The number of nitrogens with zero attached hydrogens (tertiary/aromatic N) is 4. The topological polar surface area (TPSA) is 43.1 Å². The summed E-state index contributed by atoms with van der Waals surface area (Å²) in [5.74, 6) is 0. The van der Waals surface area contributed by atoms with Crippen molar-refractivity contribution >= 4 is 29.4 Å². The number of halogens is 2. The predicted molar refractivity (Wildman–Crippen MR) is 59.5 cm³/mol. The van der Waals surface area contributed by atoms with Crippen molar-refractivity contribution in [3.05, 3.63) is 46.5 Å². The molecule has 0 unspecified atom stereocenters. The van der Waals surface area contributed by atoms with Gasteiger partial charge in [0.2, 0.25) is 0 Å². The molecular formula is C9H6Cl2N4. The van der Waals surface area contributed by atoms with Crippen LogP contribution in [-0.4, -0.2) is 21.1 Å². The molecule has 0 spiro atoms. The summed E-state index contributed by atoms with van der Waals surface area (Å²) in [7, 11) is 0. The maximum atomic E-state index is 5.95. The molecule has 1 aromatic heterocycles. The maximum Gasteiger partial charge on any atom is 0.141 e. The molecule has 2 aromatic rings. The van der Waals surface area contributed by atoms with Crippen molar-refractivity contribution in [2.45, 2.75) is 0 Å². The van der Waals surface area contributed by atoms with Crippen molar-refractivity contribution in [2.24, 2.45) is 5.10 Å². The SMILES string of the molecule is Clc1ccc(C=Nn2cnnc2)c(Cl)c1. The standard InChI is InChI=1S/C9H6Cl2N4/c10-8-2-1-7(9(11)3-8)4-14-15-5-12-13-6-15/h1-6H. The van der Waals surface area contributed by atoms with Crippen LogP contribution in [0.15, 0.2) is 36.0 Å². The smallest absolute Gasteiger partial charge is 0.141 e. The highest BCUT2D eigenvalue weighted by atomic mass is 35.5. The highest BCUT2D eigenvalue weighted by Crippen LogP contribution is 2.19. The van der Waals surface area contributed by atoms with Crippen LogP contribution in [0.2, 0.25) is 10.0 Å². The van der Waals surface area contributed by atoms with Crippen LogP contribution in [0.1, 0.15) is 5.56 Å². The lowest BCUT2D eigenvalue weighted by Gasteiger charge is -1.97. The van der Waals surface area contributed by atoms with Gasteiger partial charge in [0.25, 0.3) is 0 Å². The van der Waals surface area contributed by atoms with E-state index in [0.717, 1.165) is 5.56 Å². The molecule has 0 aliphatic carbocycles. The lowest BCUT2D eigenvalue weighted by atomic mass is 10.2. The summed E-state index contributed by atoms with van der Waals surface area (Å²) < 4.78 is 1.48. The first-order valence-corrected chi connectivity index (χ1v) is 4.85. The fourth-order valence-electron chi connectivity index (χ4n) is 0.990. The van der Waals surface area contributed by atoms with Crippen molar-refractivity contribution in [1.29, 1.82) is 0 Å². The first-order chi connectivity index (χ1) is 7.25. The highest BCUT2D eigenvalue weighted by Gasteiger charge is 1.97. The van der Waals surface area contributed by atoms with E-state index in [1.807, 2.05) is 0 Å². The minimum atomic E-state index is 0.555. The maximum absolute atomic E-state index is 5.95. The fraction of sp³-hybridized carbons (Fsp3) is 0. The summed E-state index contributed by atoms with van der Waals surface area (Å²) in [6.45, 7) is 0. The molecular weight excluding hydrogens is 235 g/mol. The van der Waals surface area contributed by atoms with Crippen molar-refractivity contribution in [3.63, 3.8) is 0 Å². The molecule has 76 valence electrons. The highest BCUT2D eigenvalue weighted by molar-refractivity contribution is 6.36. The van der Waals surface area contributed by atoms with Gasteiger partial charge in [0.1, 0.15) is 12.7 Å². The van der Waals surface area contributed by atoms with Gasteiger partial charge in [-0.2, -0.15) is 5.10 Å². The number of hydrogen-bond acceptors (Lipinski definition) is 3. The molecule has 0 N–H and O–H groups in total. The lowest BCUT2D eigenvalue weighted by Crippen LogP contribution is -1.88. The summed E-state index contributed by atoms with van der Waals surface area (Å²) in [5, 5.41) is 12.5. The zero-order valence-electron chi connectivity index (χ0n) is 7.51. The molecule has 6 heteroatoms. The van der Waals surface area contributed by atoms with Crippen LogP contribution in [0, 0.1) is 0 Å². The van der Waals surface area contributed by atoms with Crippen LogP contribution >= 0.6 is 23.2 Å². The lowest BCUT2D eigenvalue weighted by molar-refractivity contribution is 0.878. The summed E-state index contributed by atoms with van der Waals surface area (Å²) in [6, 6.07) is 5.20. The van der Waals surface area contributed by atoms with Crippen molar-refractivity contribution < 1.29 is 0 Å². The summed E-state index contributed by atoms with van der Waals surface area (Å²) in [6.07, 6.45) is 4.59. The average Bonchev–Trinajstić information content (AvgIpc) is 2.69. The van der Waals surface area contributed by atoms with E-state index in [0.29, 0.717) is 10.0 Å². The van der Waals surface area contributed by atoms with Gasteiger partial charge in [0.05, 0.1) is 11.2 Å². The molecule has 0 fully saturated rings. The monoisotopic (exact) mass is 240 g/mol. The second-order valence-electron chi connectivity index (χ2n) is 2.75. The van der Waals surface area contributed by atoms with Gasteiger partial charge in [-0.1, -0.05) is 29.3 Å². The number of hydrogen-bond donors (Lipinski definition) is 0. The number of aromatic nitrogens is 3. The molecule has 1 aromatic carbocycles. The Bertz CT molecular complexity index is 479. The summed E-state index contributed by atoms with van der Waals surface area (Å²) >= 11 is 11.7. The van der Waals surface area contributed by atoms with E-state index in [1.54, 1.807) is 24.4 Å². The van der Waals surface area contributed by atoms with Gasteiger partial charge >= 0.3 is 0 Å². The van der Waals surface area contributed by atoms with Gasteiger partial charge in [-0.15, -0.1) is 10.2 Å². The van der Waals surface area contributed by atoms with E-state index < -0.39 is 0 Å². The van der Waals surface area contributed by atoms with E-state index in [4.69, 9.17) is 23.2 Å². The van der Waals surface area contributed by atoms with Crippen LogP contribution in [0.4, 0.5) is 0 Å². The Balaban J connectivity index is 2.24. The van der Waals surface area contributed by atoms with Gasteiger partial charge in [-0.3, -0.25) is 0 Å². The van der Waals surface area contributed by atoms with Gasteiger partial charge in [0, 0.05) is 10.6 Å². The Hall–Kier alpha value is -1.39. The Morgan fingerprint density at radius 2 is 1.93 bits per heavy atom. The third-order valence-corrected chi connectivity index (χ3v) is 2.26. The van der Waals surface area contributed by atoms with Gasteiger partial charge in [-0.25, -0.2) is 4.68 Å². The first kappa shape index (κ1) is 10.1. The molecule has 0 saturated heterocycles. The molecule has 1 heterocycles. The quantitative estimate of drug-likeness (QED) is 0.758. The van der Waals surface area contributed by atoms with Gasteiger partial charge < -0.3 is 0 Å². The number of benzene rings is 1. The largest absolute Gasteiger partial charge is 0.208 e. The molecule has 0 amide bonds. The zero-order valence-corrected chi connectivity index (χ0v) is 9.02. The Kier molecular flexibility index (Phi) is 2.99. The van der Waals surface area contributed by atoms with E-state index in [1.165, 1.54) is 17.3 Å². The van der Waals surface area contributed by atoms with Crippen molar-refractivity contribution in [3.8, 4) is 0 Å².